The van der Waals surface area contributed by atoms with Crippen LogP contribution in [-0.2, 0) is 11.3 Å². The van der Waals surface area contributed by atoms with Gasteiger partial charge in [-0.25, -0.2) is 0 Å². The van der Waals surface area contributed by atoms with Crippen LogP contribution in [0.5, 0.6) is 0 Å². The van der Waals surface area contributed by atoms with Crippen LogP contribution in [0.25, 0.3) is 10.8 Å². The van der Waals surface area contributed by atoms with Crippen molar-refractivity contribution in [2.75, 3.05) is 19.0 Å². The van der Waals surface area contributed by atoms with E-state index in [1.54, 1.807) is 11.1 Å². The number of hydrogen-bond acceptors (Lipinski definition) is 5. The highest BCUT2D eigenvalue weighted by Gasteiger charge is 2.37. The molecular formula is C25H26N4OS. The summed E-state index contributed by atoms with van der Waals surface area (Å²) in [6.07, 6.45) is 2.50. The summed E-state index contributed by atoms with van der Waals surface area (Å²) in [5.41, 5.74) is 3.21. The summed E-state index contributed by atoms with van der Waals surface area (Å²) in [6, 6.07) is 22.6. The zero-order chi connectivity index (χ0) is 21.8. The summed E-state index contributed by atoms with van der Waals surface area (Å²) in [6.45, 7) is 2.53. The molecule has 0 aromatic heterocycles. The average molecular weight is 431 g/mol. The van der Waals surface area contributed by atoms with Gasteiger partial charge < -0.3 is 4.90 Å². The van der Waals surface area contributed by atoms with Crippen LogP contribution in [0.2, 0.25) is 0 Å². The van der Waals surface area contributed by atoms with E-state index in [9.17, 15) is 4.79 Å². The number of thioether (sulfide) groups is 1. The van der Waals surface area contributed by atoms with Gasteiger partial charge in [-0.3, -0.25) is 9.69 Å². The van der Waals surface area contributed by atoms with Gasteiger partial charge in [0.15, 0.2) is 5.17 Å². The van der Waals surface area contributed by atoms with Gasteiger partial charge in [0, 0.05) is 19.8 Å². The van der Waals surface area contributed by atoms with E-state index in [0.29, 0.717) is 11.7 Å². The summed E-state index contributed by atoms with van der Waals surface area (Å²) in [4.78, 5) is 16.8. The van der Waals surface area contributed by atoms with E-state index in [1.165, 1.54) is 17.1 Å². The molecule has 0 bridgehead atoms. The first-order chi connectivity index (χ1) is 15.1. The molecule has 0 saturated carbocycles. The second kappa shape index (κ2) is 9.35. The Hall–Kier alpha value is -3.12. The van der Waals surface area contributed by atoms with Crippen molar-refractivity contribution in [3.8, 4) is 0 Å². The smallest absolute Gasteiger partial charge is 0.242 e. The molecule has 0 spiro atoms. The number of hydrogen-bond donors (Lipinski definition) is 0. The van der Waals surface area contributed by atoms with Gasteiger partial charge >= 0.3 is 0 Å². The number of amidine groups is 1. The Balaban J connectivity index is 1.58. The van der Waals surface area contributed by atoms with Crippen LogP contribution < -0.4 is 4.90 Å². The zero-order valence-electron chi connectivity index (χ0n) is 18.0. The van der Waals surface area contributed by atoms with Crippen LogP contribution in [0.4, 0.5) is 5.69 Å². The molecule has 0 aliphatic carbocycles. The molecule has 31 heavy (non-hydrogen) atoms. The van der Waals surface area contributed by atoms with Crippen molar-refractivity contribution < 1.29 is 4.79 Å². The van der Waals surface area contributed by atoms with E-state index in [4.69, 9.17) is 0 Å². The van der Waals surface area contributed by atoms with Crippen LogP contribution in [0.15, 0.2) is 76.9 Å². The molecule has 1 amide bonds. The third-order valence-corrected chi connectivity index (χ3v) is 6.69. The predicted octanol–water partition coefficient (Wildman–Crippen LogP) is 5.15. The maximum absolute atomic E-state index is 13.0. The fraction of sp³-hybridized carbons (Fsp3) is 0.240. The minimum Gasteiger partial charge on any atom is -0.378 e. The molecule has 1 saturated heterocycles. The fourth-order valence-electron chi connectivity index (χ4n) is 3.59. The molecule has 1 atom stereocenters. The van der Waals surface area contributed by atoms with E-state index in [0.717, 1.165) is 28.6 Å². The van der Waals surface area contributed by atoms with Gasteiger partial charge in [0.05, 0.1) is 18.0 Å². The Kier molecular flexibility index (Phi) is 6.37. The lowest BCUT2D eigenvalue weighted by atomic mass is 10.0. The molecule has 3 aromatic rings. The molecule has 5 nitrogen and oxygen atoms in total. The summed E-state index contributed by atoms with van der Waals surface area (Å²) >= 11 is 1.50. The first-order valence-electron chi connectivity index (χ1n) is 10.4. The number of carbonyl (C=O) groups excluding carboxylic acids is 1. The van der Waals surface area contributed by atoms with Crippen LogP contribution in [0.1, 0.15) is 24.5 Å². The maximum Gasteiger partial charge on any atom is 0.242 e. The van der Waals surface area contributed by atoms with Crippen molar-refractivity contribution in [2.45, 2.75) is 25.1 Å². The Labute approximate surface area is 187 Å². The number of amides is 1. The summed E-state index contributed by atoms with van der Waals surface area (Å²) in [5, 5.41) is 11.6. The van der Waals surface area contributed by atoms with Gasteiger partial charge in [0.25, 0.3) is 0 Å². The number of benzene rings is 3. The molecule has 4 rings (SSSR count). The number of carbonyl (C=O) groups is 1. The standard InChI is InChI=1S/C25H26N4OS/c1-4-23-24(30)29(17-20-10-7-9-19-8-5-6-11-22(19)20)25(31-23)27-26-16-18-12-14-21(15-13-18)28(2)3/h5-16,23H,4,17H2,1-3H3/b26-16-,27-25+/t23-/m0/s1. The monoisotopic (exact) mass is 430 g/mol. The van der Waals surface area contributed by atoms with Gasteiger partial charge in [-0.1, -0.05) is 73.3 Å². The highest BCUT2D eigenvalue weighted by atomic mass is 32.2. The lowest BCUT2D eigenvalue weighted by Crippen LogP contribution is -2.31. The molecule has 6 heteroatoms. The third kappa shape index (κ3) is 4.64. The average Bonchev–Trinajstić information content (AvgIpc) is 3.09. The lowest BCUT2D eigenvalue weighted by Gasteiger charge is -2.17. The SMILES string of the molecule is CC[C@@H]1S/C(=N/N=C\c2ccc(N(C)C)cc2)N(Cc2cccc3ccccc23)C1=O. The quantitative estimate of drug-likeness (QED) is 0.401. The predicted molar refractivity (Wildman–Crippen MR) is 132 cm³/mol. The molecular weight excluding hydrogens is 404 g/mol. The fourth-order valence-corrected chi connectivity index (χ4v) is 4.62. The van der Waals surface area contributed by atoms with E-state index < -0.39 is 0 Å². The van der Waals surface area contributed by atoms with E-state index >= 15 is 0 Å². The van der Waals surface area contributed by atoms with E-state index in [-0.39, 0.29) is 11.2 Å². The van der Waals surface area contributed by atoms with Crippen molar-refractivity contribution in [1.29, 1.82) is 0 Å². The minimum absolute atomic E-state index is 0.102. The lowest BCUT2D eigenvalue weighted by molar-refractivity contribution is -0.126. The van der Waals surface area contributed by atoms with Crippen LogP contribution in [-0.4, -0.2) is 41.5 Å². The second-order valence-electron chi connectivity index (χ2n) is 7.69. The Bertz CT molecular complexity index is 1130. The van der Waals surface area contributed by atoms with Gasteiger partial charge in [-0.05, 0) is 40.5 Å². The van der Waals surface area contributed by atoms with Gasteiger partial charge in [-0.15, -0.1) is 5.10 Å². The van der Waals surface area contributed by atoms with E-state index in [2.05, 4.69) is 39.4 Å². The molecule has 0 radical (unpaired) electrons. The topological polar surface area (TPSA) is 48.3 Å². The molecule has 3 aromatic carbocycles. The molecule has 1 heterocycles. The van der Waals surface area contributed by atoms with Crippen LogP contribution >= 0.6 is 11.8 Å². The van der Waals surface area contributed by atoms with Crippen LogP contribution in [0.3, 0.4) is 0 Å². The summed E-state index contributed by atoms with van der Waals surface area (Å²) in [5.74, 6) is 0.102. The number of fused-ring (bicyclic) bond motifs is 1. The summed E-state index contributed by atoms with van der Waals surface area (Å²) < 4.78 is 0. The second-order valence-corrected chi connectivity index (χ2v) is 8.86. The molecule has 1 aliphatic heterocycles. The molecule has 0 N–H and O–H groups in total. The van der Waals surface area contributed by atoms with Crippen molar-refractivity contribution in [3.05, 3.63) is 77.9 Å². The zero-order valence-corrected chi connectivity index (χ0v) is 18.8. The molecule has 1 fully saturated rings. The Morgan fingerprint density at radius 1 is 1.03 bits per heavy atom. The minimum atomic E-state index is -0.108. The first kappa shape index (κ1) is 21.1. The molecule has 1 aliphatic rings. The third-order valence-electron chi connectivity index (χ3n) is 5.36. The number of rotatable bonds is 6. The first-order valence-corrected chi connectivity index (χ1v) is 11.3. The highest BCUT2D eigenvalue weighted by molar-refractivity contribution is 8.15. The van der Waals surface area contributed by atoms with Crippen molar-refractivity contribution in [3.63, 3.8) is 0 Å². The largest absolute Gasteiger partial charge is 0.378 e. The van der Waals surface area contributed by atoms with Gasteiger partial charge in [0.2, 0.25) is 5.91 Å². The maximum atomic E-state index is 13.0. The molecule has 0 unspecified atom stereocenters. The van der Waals surface area contributed by atoms with Crippen molar-refractivity contribution in [1.82, 2.24) is 4.90 Å². The van der Waals surface area contributed by atoms with Gasteiger partial charge in [0.1, 0.15) is 0 Å². The van der Waals surface area contributed by atoms with E-state index in [1.807, 2.05) is 63.5 Å². The Morgan fingerprint density at radius 3 is 2.52 bits per heavy atom. The van der Waals surface area contributed by atoms with Crippen LogP contribution in [0, 0.1) is 0 Å². The number of anilines is 1. The molecule has 158 valence electrons. The summed E-state index contributed by atoms with van der Waals surface area (Å²) in [7, 11) is 4.02. The van der Waals surface area contributed by atoms with Crippen molar-refractivity contribution in [2.24, 2.45) is 10.2 Å². The van der Waals surface area contributed by atoms with Crippen molar-refractivity contribution >= 4 is 45.5 Å². The van der Waals surface area contributed by atoms with Gasteiger partial charge in [-0.2, -0.15) is 5.10 Å². The highest BCUT2D eigenvalue weighted by Crippen LogP contribution is 2.32. The Morgan fingerprint density at radius 2 is 1.77 bits per heavy atom. The normalized spacial score (nSPS) is 17.9. The number of nitrogens with zero attached hydrogens (tertiary/aromatic N) is 4.